The van der Waals surface area contributed by atoms with Crippen LogP contribution in [0, 0.1) is 13.8 Å². The summed E-state index contributed by atoms with van der Waals surface area (Å²) in [5.74, 6) is -0.456. The van der Waals surface area contributed by atoms with E-state index < -0.39 is 22.0 Å². The summed E-state index contributed by atoms with van der Waals surface area (Å²) in [5, 5.41) is 10.1. The van der Waals surface area contributed by atoms with Crippen LogP contribution in [0.25, 0.3) is 0 Å². The first kappa shape index (κ1) is 22.5. The zero-order valence-corrected chi connectivity index (χ0v) is 17.7. The van der Waals surface area contributed by atoms with E-state index in [2.05, 4.69) is 10.6 Å². The number of carbonyl (C=O) groups excluding carboxylic acids is 2. The van der Waals surface area contributed by atoms with Crippen molar-refractivity contribution in [3.63, 3.8) is 0 Å². The molecule has 0 heterocycles. The van der Waals surface area contributed by atoms with E-state index in [0.717, 1.165) is 16.7 Å². The summed E-state index contributed by atoms with van der Waals surface area (Å²) < 4.78 is 22.7. The number of imide groups is 1. The number of anilines is 1. The van der Waals surface area contributed by atoms with Crippen molar-refractivity contribution >= 4 is 27.6 Å². The molecule has 1 unspecified atom stereocenters. The second-order valence-corrected chi connectivity index (χ2v) is 8.59. The molecule has 0 saturated carbocycles. The number of hydrogen-bond acceptors (Lipinski definition) is 5. The van der Waals surface area contributed by atoms with Crippen molar-refractivity contribution in [2.24, 2.45) is 5.14 Å². The van der Waals surface area contributed by atoms with Gasteiger partial charge >= 0.3 is 6.03 Å². The first-order chi connectivity index (χ1) is 13.5. The third-order valence-electron chi connectivity index (χ3n) is 4.63. The Hall–Kier alpha value is -2.75. The number of primary sulfonamides is 1. The van der Waals surface area contributed by atoms with Crippen LogP contribution in [0.15, 0.2) is 47.4 Å². The Morgan fingerprint density at radius 3 is 2.28 bits per heavy atom. The quantitative estimate of drug-likeness (QED) is 0.664. The summed E-state index contributed by atoms with van der Waals surface area (Å²) in [6.45, 7) is 5.69. The molecule has 0 aliphatic heterocycles. The van der Waals surface area contributed by atoms with Gasteiger partial charge in [0.15, 0.2) is 0 Å². The third kappa shape index (κ3) is 6.38. The molecule has 29 heavy (non-hydrogen) atoms. The van der Waals surface area contributed by atoms with Crippen LogP contribution >= 0.6 is 0 Å². The number of carbonyl (C=O) groups is 2. The van der Waals surface area contributed by atoms with E-state index in [1.807, 2.05) is 32.9 Å². The Bertz CT molecular complexity index is 1000. The van der Waals surface area contributed by atoms with Crippen LogP contribution in [0.1, 0.15) is 29.7 Å². The van der Waals surface area contributed by atoms with Crippen LogP contribution in [-0.4, -0.2) is 38.8 Å². The lowest BCUT2D eigenvalue weighted by Gasteiger charge is -2.24. The average molecular weight is 419 g/mol. The average Bonchev–Trinajstić information content (AvgIpc) is 2.62. The molecule has 2 aromatic rings. The summed E-state index contributed by atoms with van der Waals surface area (Å²) in [5.41, 5.74) is 3.43. The van der Waals surface area contributed by atoms with Crippen molar-refractivity contribution in [2.45, 2.75) is 31.7 Å². The predicted octanol–water partition coefficient (Wildman–Crippen LogP) is 2.29. The van der Waals surface area contributed by atoms with Crippen molar-refractivity contribution in [1.29, 1.82) is 0 Å². The summed E-state index contributed by atoms with van der Waals surface area (Å²) in [6, 6.07) is 11.0. The fourth-order valence-corrected chi connectivity index (χ4v) is 3.34. The minimum absolute atomic E-state index is 0.0155. The van der Waals surface area contributed by atoms with Gasteiger partial charge in [0.2, 0.25) is 15.9 Å². The zero-order valence-electron chi connectivity index (χ0n) is 16.9. The van der Waals surface area contributed by atoms with Gasteiger partial charge in [-0.2, -0.15) is 0 Å². The summed E-state index contributed by atoms with van der Waals surface area (Å²) in [4.78, 5) is 26.1. The highest BCUT2D eigenvalue weighted by Gasteiger charge is 2.17. The Morgan fingerprint density at radius 2 is 1.72 bits per heavy atom. The van der Waals surface area contributed by atoms with E-state index in [9.17, 15) is 18.0 Å². The van der Waals surface area contributed by atoms with E-state index >= 15 is 0 Å². The van der Waals surface area contributed by atoms with E-state index in [1.54, 1.807) is 30.1 Å². The molecule has 3 amide bonds. The van der Waals surface area contributed by atoms with Gasteiger partial charge < -0.3 is 5.32 Å². The van der Waals surface area contributed by atoms with E-state index in [0.29, 0.717) is 5.69 Å². The molecule has 0 spiro atoms. The Morgan fingerprint density at radius 1 is 1.10 bits per heavy atom. The number of rotatable bonds is 6. The number of nitrogens with zero attached hydrogens (tertiary/aromatic N) is 1. The maximum Gasteiger partial charge on any atom is 0.325 e. The van der Waals surface area contributed by atoms with Crippen molar-refractivity contribution < 1.29 is 18.0 Å². The van der Waals surface area contributed by atoms with Gasteiger partial charge in [-0.3, -0.25) is 15.0 Å². The largest absolute Gasteiger partial charge is 0.325 e. The number of likely N-dealkylation sites (N-methyl/N-ethyl adjacent to an activating group) is 1. The normalized spacial score (nSPS) is 12.5. The lowest BCUT2D eigenvalue weighted by molar-refractivity contribution is -0.121. The number of aryl methyl sites for hydroxylation is 2. The molecular formula is C20H26N4O4S. The van der Waals surface area contributed by atoms with Gasteiger partial charge in [0.25, 0.3) is 0 Å². The molecule has 0 radical (unpaired) electrons. The van der Waals surface area contributed by atoms with E-state index in [1.165, 1.54) is 12.1 Å². The maximum absolute atomic E-state index is 12.2. The van der Waals surface area contributed by atoms with Gasteiger partial charge in [0, 0.05) is 11.7 Å². The molecule has 1 atom stereocenters. The van der Waals surface area contributed by atoms with Gasteiger partial charge in [0.1, 0.15) is 0 Å². The van der Waals surface area contributed by atoms with Crippen molar-refractivity contribution in [2.75, 3.05) is 18.9 Å². The molecule has 0 fully saturated rings. The number of nitrogens with two attached hydrogens (primary N) is 1. The first-order valence-corrected chi connectivity index (χ1v) is 10.5. The Labute approximate surface area is 171 Å². The molecule has 9 heteroatoms. The highest BCUT2D eigenvalue weighted by molar-refractivity contribution is 7.89. The maximum atomic E-state index is 12.2. The SMILES string of the molecule is Cc1ccc(NC(=O)NC(=O)CN(C)C(C)c2ccc(S(N)(=O)=O)cc2)c(C)c1. The molecule has 0 aliphatic carbocycles. The minimum Gasteiger partial charge on any atom is -0.307 e. The second-order valence-electron chi connectivity index (χ2n) is 7.03. The van der Waals surface area contributed by atoms with Crippen molar-refractivity contribution in [3.05, 3.63) is 59.2 Å². The molecule has 156 valence electrons. The van der Waals surface area contributed by atoms with Gasteiger partial charge in [-0.1, -0.05) is 29.8 Å². The van der Waals surface area contributed by atoms with Gasteiger partial charge in [-0.05, 0) is 57.1 Å². The lowest BCUT2D eigenvalue weighted by atomic mass is 10.1. The first-order valence-electron chi connectivity index (χ1n) is 8.98. The molecule has 2 rings (SSSR count). The van der Waals surface area contributed by atoms with E-state index in [4.69, 9.17) is 5.14 Å². The number of hydrogen-bond donors (Lipinski definition) is 3. The van der Waals surface area contributed by atoms with Crippen LogP contribution in [0.3, 0.4) is 0 Å². The number of urea groups is 1. The van der Waals surface area contributed by atoms with Gasteiger partial charge in [0.05, 0.1) is 11.4 Å². The number of benzene rings is 2. The smallest absolute Gasteiger partial charge is 0.307 e. The van der Waals surface area contributed by atoms with Gasteiger partial charge in [-0.25, -0.2) is 18.4 Å². The molecule has 0 aliphatic rings. The highest BCUT2D eigenvalue weighted by Crippen LogP contribution is 2.20. The second kappa shape index (κ2) is 9.17. The summed E-state index contributed by atoms with van der Waals surface area (Å²) >= 11 is 0. The molecular weight excluding hydrogens is 392 g/mol. The number of sulfonamides is 1. The molecule has 2 aromatic carbocycles. The fourth-order valence-electron chi connectivity index (χ4n) is 2.83. The van der Waals surface area contributed by atoms with Crippen molar-refractivity contribution in [1.82, 2.24) is 10.2 Å². The molecule has 0 saturated heterocycles. The summed E-state index contributed by atoms with van der Waals surface area (Å²) in [7, 11) is -2.02. The van der Waals surface area contributed by atoms with Crippen LogP contribution in [0.2, 0.25) is 0 Å². The summed E-state index contributed by atoms with van der Waals surface area (Å²) in [6.07, 6.45) is 0. The molecule has 4 N–H and O–H groups in total. The van der Waals surface area contributed by atoms with Crippen LogP contribution in [-0.2, 0) is 14.8 Å². The van der Waals surface area contributed by atoms with Crippen LogP contribution < -0.4 is 15.8 Å². The fraction of sp³-hybridized carbons (Fsp3) is 0.300. The number of nitrogens with one attached hydrogen (secondary N) is 2. The topological polar surface area (TPSA) is 122 Å². The molecule has 0 bridgehead atoms. The Balaban J connectivity index is 1.92. The highest BCUT2D eigenvalue weighted by atomic mass is 32.2. The van der Waals surface area contributed by atoms with Gasteiger partial charge in [-0.15, -0.1) is 0 Å². The zero-order chi connectivity index (χ0) is 21.8. The monoisotopic (exact) mass is 418 g/mol. The van der Waals surface area contributed by atoms with Crippen LogP contribution in [0.4, 0.5) is 10.5 Å². The third-order valence-corrected chi connectivity index (χ3v) is 5.56. The van der Waals surface area contributed by atoms with Crippen molar-refractivity contribution in [3.8, 4) is 0 Å². The van der Waals surface area contributed by atoms with Crippen LogP contribution in [0.5, 0.6) is 0 Å². The van der Waals surface area contributed by atoms with E-state index in [-0.39, 0.29) is 17.5 Å². The standard InChI is InChI=1S/C20H26N4O4S/c1-13-5-10-18(14(2)11-13)22-20(26)23-19(25)12-24(4)15(3)16-6-8-17(9-7-16)29(21,27)28/h5-11,15H,12H2,1-4H3,(H2,21,27,28)(H2,22,23,25,26). The number of amides is 3. The Kier molecular flexibility index (Phi) is 7.12. The molecule has 0 aromatic heterocycles. The molecule has 8 nitrogen and oxygen atoms in total. The minimum atomic E-state index is -3.75. The lowest BCUT2D eigenvalue weighted by Crippen LogP contribution is -2.41. The predicted molar refractivity (Wildman–Crippen MR) is 112 cm³/mol.